The molecule has 0 saturated heterocycles. The number of para-hydroxylation sites is 1. The van der Waals surface area contributed by atoms with E-state index in [0.717, 1.165) is 54.3 Å². The van der Waals surface area contributed by atoms with Crippen LogP contribution in [-0.4, -0.2) is 38.1 Å². The number of nitrogens with one attached hydrogen (secondary N) is 1. The molecule has 0 fully saturated rings. The summed E-state index contributed by atoms with van der Waals surface area (Å²) in [5.41, 5.74) is 4.92. The highest BCUT2D eigenvalue weighted by atomic mass is 16.6. The lowest BCUT2D eigenvalue weighted by molar-refractivity contribution is -0.140. The number of ketones is 1. The van der Waals surface area contributed by atoms with Crippen molar-refractivity contribution in [1.29, 1.82) is 0 Å². The molecule has 6 heteroatoms. The number of dihydropyridines is 1. The summed E-state index contributed by atoms with van der Waals surface area (Å²) in [7, 11) is 0. The zero-order chi connectivity index (χ0) is 24.8. The van der Waals surface area contributed by atoms with E-state index in [-0.39, 0.29) is 19.0 Å². The molecule has 184 valence electrons. The molecule has 2 aromatic rings. The van der Waals surface area contributed by atoms with Crippen molar-refractivity contribution in [2.75, 3.05) is 31.2 Å². The predicted octanol–water partition coefficient (Wildman–Crippen LogP) is 5.12. The Morgan fingerprint density at radius 1 is 1.00 bits per heavy atom. The van der Waals surface area contributed by atoms with Crippen molar-refractivity contribution in [3.05, 3.63) is 82.7 Å². The van der Waals surface area contributed by atoms with Crippen molar-refractivity contribution in [3.63, 3.8) is 0 Å². The van der Waals surface area contributed by atoms with Crippen molar-refractivity contribution < 1.29 is 19.1 Å². The van der Waals surface area contributed by atoms with Crippen molar-refractivity contribution in [2.24, 2.45) is 0 Å². The molecular formula is C29H34N2O4. The summed E-state index contributed by atoms with van der Waals surface area (Å²) in [6.07, 6.45) is 2.13. The van der Waals surface area contributed by atoms with Gasteiger partial charge in [-0.2, -0.15) is 0 Å². The molecule has 1 aliphatic carbocycles. The number of anilines is 1. The third-order valence-electron chi connectivity index (χ3n) is 6.68. The maximum Gasteiger partial charge on any atom is 0.336 e. The summed E-state index contributed by atoms with van der Waals surface area (Å²) in [5.74, 6) is -0.0319. The molecule has 0 unspecified atom stereocenters. The summed E-state index contributed by atoms with van der Waals surface area (Å²) >= 11 is 0. The zero-order valence-electron chi connectivity index (χ0n) is 20.8. The first-order valence-corrected chi connectivity index (χ1v) is 12.5. The SMILES string of the molecule is CCN(CC)c1ccc([C@@H]2C(C(=O)OCCOc3ccccc3)=C(C)NC3=C2C(=O)CCC3)cc1. The summed E-state index contributed by atoms with van der Waals surface area (Å²) in [6.45, 7) is 8.35. The van der Waals surface area contributed by atoms with Crippen LogP contribution in [0.1, 0.15) is 51.5 Å². The molecule has 4 rings (SSSR count). The normalized spacial score (nSPS) is 17.6. The van der Waals surface area contributed by atoms with Crippen LogP contribution in [0.15, 0.2) is 77.1 Å². The fourth-order valence-electron chi connectivity index (χ4n) is 4.94. The number of hydrogen-bond donors (Lipinski definition) is 1. The zero-order valence-corrected chi connectivity index (χ0v) is 20.8. The second kappa shape index (κ2) is 11.3. The Kier molecular flexibility index (Phi) is 7.91. The van der Waals surface area contributed by atoms with Gasteiger partial charge in [0.1, 0.15) is 19.0 Å². The minimum atomic E-state index is -0.438. The number of Topliss-reactive ketones (excluding diaryl/α,β-unsaturated/α-hetero) is 1. The molecule has 1 N–H and O–H groups in total. The van der Waals surface area contributed by atoms with Gasteiger partial charge in [-0.15, -0.1) is 0 Å². The Morgan fingerprint density at radius 3 is 2.40 bits per heavy atom. The fraction of sp³-hybridized carbons (Fsp3) is 0.379. The summed E-state index contributed by atoms with van der Waals surface area (Å²) in [4.78, 5) is 28.7. The van der Waals surface area contributed by atoms with Crippen LogP contribution in [0.2, 0.25) is 0 Å². The molecule has 0 amide bonds. The number of rotatable bonds is 9. The van der Waals surface area contributed by atoms with E-state index in [2.05, 4.69) is 36.2 Å². The van der Waals surface area contributed by atoms with E-state index in [1.54, 1.807) is 0 Å². The van der Waals surface area contributed by atoms with E-state index >= 15 is 0 Å². The van der Waals surface area contributed by atoms with Crippen LogP contribution >= 0.6 is 0 Å². The van der Waals surface area contributed by atoms with Crippen LogP contribution in [-0.2, 0) is 14.3 Å². The lowest BCUT2D eigenvalue weighted by atomic mass is 9.75. The second-order valence-electron chi connectivity index (χ2n) is 8.83. The maximum absolute atomic E-state index is 13.3. The monoisotopic (exact) mass is 474 g/mol. The fourth-order valence-corrected chi connectivity index (χ4v) is 4.94. The van der Waals surface area contributed by atoms with Gasteiger partial charge in [0.25, 0.3) is 0 Å². The lowest BCUT2D eigenvalue weighted by Crippen LogP contribution is -2.34. The van der Waals surface area contributed by atoms with Gasteiger partial charge >= 0.3 is 5.97 Å². The third-order valence-corrected chi connectivity index (χ3v) is 6.68. The highest BCUT2D eigenvalue weighted by Crippen LogP contribution is 2.42. The van der Waals surface area contributed by atoms with Gasteiger partial charge in [-0.25, -0.2) is 4.79 Å². The highest BCUT2D eigenvalue weighted by molar-refractivity contribution is 6.03. The van der Waals surface area contributed by atoms with E-state index in [9.17, 15) is 9.59 Å². The van der Waals surface area contributed by atoms with Gasteiger partial charge in [-0.05, 0) is 63.4 Å². The molecule has 1 aliphatic heterocycles. The van der Waals surface area contributed by atoms with E-state index < -0.39 is 11.9 Å². The number of nitrogens with zero attached hydrogens (tertiary/aromatic N) is 1. The average molecular weight is 475 g/mol. The van der Waals surface area contributed by atoms with Crippen LogP contribution in [0, 0.1) is 0 Å². The van der Waals surface area contributed by atoms with Crippen LogP contribution in [0.5, 0.6) is 5.75 Å². The van der Waals surface area contributed by atoms with Gasteiger partial charge in [0.05, 0.1) is 5.57 Å². The highest BCUT2D eigenvalue weighted by Gasteiger charge is 2.39. The minimum absolute atomic E-state index is 0.0989. The number of allylic oxidation sites excluding steroid dienone is 3. The molecule has 0 spiro atoms. The summed E-state index contributed by atoms with van der Waals surface area (Å²) in [5, 5.41) is 3.34. The molecule has 35 heavy (non-hydrogen) atoms. The molecule has 2 aromatic carbocycles. The number of hydrogen-bond acceptors (Lipinski definition) is 6. The van der Waals surface area contributed by atoms with Gasteiger partial charge in [0.2, 0.25) is 0 Å². The molecule has 2 aliphatic rings. The smallest absolute Gasteiger partial charge is 0.336 e. The molecule has 0 aromatic heterocycles. The van der Waals surface area contributed by atoms with Crippen LogP contribution in [0.4, 0.5) is 5.69 Å². The van der Waals surface area contributed by atoms with E-state index in [1.807, 2.05) is 49.4 Å². The molecule has 1 heterocycles. The van der Waals surface area contributed by atoms with Gasteiger partial charge in [0, 0.05) is 48.1 Å². The van der Waals surface area contributed by atoms with Crippen LogP contribution < -0.4 is 15.0 Å². The molecule has 0 bridgehead atoms. The maximum atomic E-state index is 13.3. The van der Waals surface area contributed by atoms with E-state index in [0.29, 0.717) is 17.6 Å². The standard InChI is InChI=1S/C29H34N2O4/c1-4-31(5-2)22-16-14-21(15-17-22)27-26(20(3)30-24-12-9-13-25(32)28(24)27)29(33)35-19-18-34-23-10-7-6-8-11-23/h6-8,10-11,14-17,27,30H,4-5,9,12-13,18-19H2,1-3H3/t27-/m1/s1. The number of carbonyl (C=O) groups excluding carboxylic acids is 2. The largest absolute Gasteiger partial charge is 0.490 e. The Labute approximate surface area is 207 Å². The van der Waals surface area contributed by atoms with Gasteiger partial charge in [0.15, 0.2) is 5.78 Å². The Hall–Kier alpha value is -3.54. The van der Waals surface area contributed by atoms with Crippen molar-refractivity contribution >= 4 is 17.4 Å². The lowest BCUT2D eigenvalue weighted by Gasteiger charge is -2.34. The Morgan fingerprint density at radius 2 is 1.71 bits per heavy atom. The Balaban J connectivity index is 1.58. The average Bonchev–Trinajstić information content (AvgIpc) is 2.87. The van der Waals surface area contributed by atoms with Crippen molar-refractivity contribution in [1.82, 2.24) is 5.32 Å². The molecular weight excluding hydrogens is 440 g/mol. The first-order chi connectivity index (χ1) is 17.0. The molecule has 6 nitrogen and oxygen atoms in total. The van der Waals surface area contributed by atoms with E-state index in [1.165, 1.54) is 0 Å². The number of esters is 1. The number of ether oxygens (including phenoxy) is 2. The molecule has 0 radical (unpaired) electrons. The van der Waals surface area contributed by atoms with Crippen LogP contribution in [0.3, 0.4) is 0 Å². The third kappa shape index (κ3) is 5.42. The van der Waals surface area contributed by atoms with Gasteiger partial charge in [-0.3, -0.25) is 4.79 Å². The second-order valence-corrected chi connectivity index (χ2v) is 8.83. The summed E-state index contributed by atoms with van der Waals surface area (Å²) < 4.78 is 11.3. The number of carbonyl (C=O) groups is 2. The first kappa shape index (κ1) is 24.6. The van der Waals surface area contributed by atoms with Gasteiger partial charge in [-0.1, -0.05) is 30.3 Å². The first-order valence-electron chi connectivity index (χ1n) is 12.5. The minimum Gasteiger partial charge on any atom is -0.490 e. The molecule has 1 atom stereocenters. The number of benzene rings is 2. The Bertz CT molecular complexity index is 1120. The topological polar surface area (TPSA) is 67.9 Å². The molecule has 0 saturated carbocycles. The van der Waals surface area contributed by atoms with Crippen molar-refractivity contribution in [3.8, 4) is 5.75 Å². The van der Waals surface area contributed by atoms with E-state index in [4.69, 9.17) is 9.47 Å². The van der Waals surface area contributed by atoms with Gasteiger partial charge < -0.3 is 19.7 Å². The van der Waals surface area contributed by atoms with Crippen LogP contribution in [0.25, 0.3) is 0 Å². The quantitative estimate of drug-likeness (QED) is 0.402. The summed E-state index contributed by atoms with van der Waals surface area (Å²) in [6, 6.07) is 17.7. The van der Waals surface area contributed by atoms with Crippen molar-refractivity contribution in [2.45, 2.75) is 46.0 Å². The predicted molar refractivity (Wildman–Crippen MR) is 137 cm³/mol.